The van der Waals surface area contributed by atoms with E-state index in [2.05, 4.69) is 4.99 Å². The monoisotopic (exact) mass is 457 g/mol. The van der Waals surface area contributed by atoms with Crippen LogP contribution >= 0.6 is 23.4 Å². The van der Waals surface area contributed by atoms with Crippen LogP contribution in [0.25, 0.3) is 6.08 Å². The van der Waals surface area contributed by atoms with Gasteiger partial charge in [-0.25, -0.2) is 9.79 Å². The minimum Gasteiger partial charge on any atom is -0.506 e. The van der Waals surface area contributed by atoms with Crippen LogP contribution in [0.4, 0.5) is 0 Å². The van der Waals surface area contributed by atoms with Crippen LogP contribution in [-0.4, -0.2) is 35.7 Å². The minimum absolute atomic E-state index is 0.0763. The minimum atomic E-state index is -0.751. The fraction of sp³-hybridized carbons (Fsp3) is 0.174. The molecule has 1 aliphatic heterocycles. The third-order valence-corrected chi connectivity index (χ3v) is 5.66. The lowest BCUT2D eigenvalue weighted by atomic mass is 10.1. The van der Waals surface area contributed by atoms with Crippen molar-refractivity contribution in [3.8, 4) is 5.75 Å². The van der Waals surface area contributed by atoms with E-state index in [-0.39, 0.29) is 23.0 Å². The van der Waals surface area contributed by atoms with E-state index in [0.717, 1.165) is 17.3 Å². The largest absolute Gasteiger partial charge is 0.506 e. The number of thioether (sulfide) groups is 1. The standard InChI is InChI=1S/C23H20ClNO5S/c1-4-30-23(28)19-20(26)18(12-14-7-10-17(29-3)16(24)11-14)31-22(19)25-21(27)15-8-5-13(2)6-9-15/h5-12,26H,4H2,1-3H3/b18-12+,25-22?. The number of aliphatic imine (C=N–C) groups is 1. The maximum absolute atomic E-state index is 12.6. The van der Waals surface area contributed by atoms with E-state index in [1.807, 2.05) is 6.92 Å². The van der Waals surface area contributed by atoms with Crippen LogP contribution in [-0.2, 0) is 9.53 Å². The highest BCUT2D eigenvalue weighted by Crippen LogP contribution is 2.40. The maximum Gasteiger partial charge on any atom is 0.344 e. The number of hydrogen-bond donors (Lipinski definition) is 1. The Morgan fingerprint density at radius 2 is 1.90 bits per heavy atom. The molecule has 0 spiro atoms. The quantitative estimate of drug-likeness (QED) is 0.608. The molecule has 1 amide bonds. The van der Waals surface area contributed by atoms with Crippen LogP contribution in [0.1, 0.15) is 28.4 Å². The number of benzene rings is 2. The highest BCUT2D eigenvalue weighted by Gasteiger charge is 2.34. The normalized spacial score (nSPS) is 16.1. The first-order valence-electron chi connectivity index (χ1n) is 9.38. The summed E-state index contributed by atoms with van der Waals surface area (Å²) in [5.74, 6) is -1.06. The van der Waals surface area contributed by atoms with Gasteiger partial charge in [-0.1, -0.05) is 47.1 Å². The van der Waals surface area contributed by atoms with Crippen molar-refractivity contribution >= 4 is 46.4 Å². The van der Waals surface area contributed by atoms with E-state index in [1.54, 1.807) is 55.5 Å². The van der Waals surface area contributed by atoms with Gasteiger partial charge in [-0.3, -0.25) is 4.79 Å². The molecular weight excluding hydrogens is 438 g/mol. The Labute approximate surface area is 189 Å². The number of esters is 1. The van der Waals surface area contributed by atoms with Crippen molar-refractivity contribution in [2.45, 2.75) is 13.8 Å². The summed E-state index contributed by atoms with van der Waals surface area (Å²) in [4.78, 5) is 29.5. The summed E-state index contributed by atoms with van der Waals surface area (Å²) >= 11 is 7.18. The smallest absolute Gasteiger partial charge is 0.344 e. The van der Waals surface area contributed by atoms with Crippen LogP contribution in [0.2, 0.25) is 5.02 Å². The number of aryl methyl sites for hydroxylation is 1. The molecule has 8 heteroatoms. The highest BCUT2D eigenvalue weighted by molar-refractivity contribution is 8.18. The molecule has 0 fully saturated rings. The van der Waals surface area contributed by atoms with Crippen LogP contribution in [0.3, 0.4) is 0 Å². The second kappa shape index (κ2) is 9.85. The maximum atomic E-state index is 12.6. The lowest BCUT2D eigenvalue weighted by Crippen LogP contribution is -2.14. The number of nitrogens with zero attached hydrogens (tertiary/aromatic N) is 1. The number of rotatable bonds is 5. The zero-order valence-electron chi connectivity index (χ0n) is 17.1. The number of halogens is 1. The predicted octanol–water partition coefficient (Wildman–Crippen LogP) is 5.36. The Kier molecular flexibility index (Phi) is 7.20. The lowest BCUT2D eigenvalue weighted by molar-refractivity contribution is -0.138. The zero-order chi connectivity index (χ0) is 22.5. The molecule has 1 N–H and O–H groups in total. The van der Waals surface area contributed by atoms with Crippen molar-refractivity contribution in [3.05, 3.63) is 80.4 Å². The fourth-order valence-corrected chi connectivity index (χ4v) is 4.05. The van der Waals surface area contributed by atoms with Gasteiger partial charge in [0.1, 0.15) is 22.1 Å². The van der Waals surface area contributed by atoms with Gasteiger partial charge < -0.3 is 14.6 Å². The van der Waals surface area contributed by atoms with Crippen LogP contribution in [0, 0.1) is 6.92 Å². The highest BCUT2D eigenvalue weighted by atomic mass is 35.5. The third kappa shape index (κ3) is 5.18. The number of hydrogen-bond acceptors (Lipinski definition) is 6. The lowest BCUT2D eigenvalue weighted by Gasteiger charge is -2.04. The number of aliphatic hydroxyl groups excluding tert-OH is 1. The number of methoxy groups -OCH3 is 1. The number of aliphatic hydroxyl groups is 1. The summed E-state index contributed by atoms with van der Waals surface area (Å²) < 4.78 is 10.2. The van der Waals surface area contributed by atoms with Gasteiger partial charge in [0.05, 0.1) is 23.6 Å². The molecule has 0 aromatic heterocycles. The van der Waals surface area contributed by atoms with Crippen molar-refractivity contribution in [2.24, 2.45) is 4.99 Å². The Bertz CT molecular complexity index is 1120. The molecule has 2 aromatic rings. The molecule has 0 saturated carbocycles. The van der Waals surface area contributed by atoms with Crippen LogP contribution < -0.4 is 4.74 Å². The van der Waals surface area contributed by atoms with E-state index in [4.69, 9.17) is 21.1 Å². The molecule has 160 valence electrons. The summed E-state index contributed by atoms with van der Waals surface area (Å²) in [7, 11) is 1.51. The molecule has 0 saturated heterocycles. The molecule has 1 heterocycles. The third-order valence-electron chi connectivity index (χ3n) is 4.35. The molecule has 0 atom stereocenters. The summed E-state index contributed by atoms with van der Waals surface area (Å²) in [6.07, 6.45) is 1.64. The fourth-order valence-electron chi connectivity index (χ4n) is 2.77. The Balaban J connectivity index is 2.00. The summed E-state index contributed by atoms with van der Waals surface area (Å²) in [6.45, 7) is 3.68. The first-order chi connectivity index (χ1) is 14.8. The average Bonchev–Trinajstić information content (AvgIpc) is 3.03. The second-order valence-electron chi connectivity index (χ2n) is 6.54. The topological polar surface area (TPSA) is 85.2 Å². The van der Waals surface area contributed by atoms with E-state index in [1.165, 1.54) is 7.11 Å². The SMILES string of the molecule is CCOC(=O)C1=C(O)/C(=C\c2ccc(OC)c(Cl)c2)SC1=NC(=O)c1ccc(C)cc1. The Morgan fingerprint density at radius 3 is 2.52 bits per heavy atom. The average molecular weight is 458 g/mol. The molecule has 2 aromatic carbocycles. The summed E-state index contributed by atoms with van der Waals surface area (Å²) in [6, 6.07) is 12.0. The number of carbonyl (C=O) groups excluding carboxylic acids is 2. The van der Waals surface area contributed by atoms with Gasteiger partial charge in [0.15, 0.2) is 0 Å². The van der Waals surface area contributed by atoms with Gasteiger partial charge in [0.2, 0.25) is 0 Å². The molecule has 0 radical (unpaired) electrons. The molecule has 1 aliphatic rings. The van der Waals surface area contributed by atoms with Crippen molar-refractivity contribution in [3.63, 3.8) is 0 Å². The number of amides is 1. The molecule has 6 nitrogen and oxygen atoms in total. The van der Waals surface area contributed by atoms with Gasteiger partial charge in [0, 0.05) is 5.56 Å². The number of ether oxygens (including phenoxy) is 2. The molecular formula is C23H20ClNO5S. The molecule has 0 bridgehead atoms. The molecule has 0 unspecified atom stereocenters. The van der Waals surface area contributed by atoms with Gasteiger partial charge in [0.25, 0.3) is 5.91 Å². The van der Waals surface area contributed by atoms with Gasteiger partial charge in [-0.2, -0.15) is 0 Å². The van der Waals surface area contributed by atoms with Crippen molar-refractivity contribution in [2.75, 3.05) is 13.7 Å². The van der Waals surface area contributed by atoms with Crippen molar-refractivity contribution < 1.29 is 24.2 Å². The van der Waals surface area contributed by atoms with Crippen molar-refractivity contribution in [1.29, 1.82) is 0 Å². The van der Waals surface area contributed by atoms with Crippen LogP contribution in [0.15, 0.2) is 63.7 Å². The van der Waals surface area contributed by atoms with Gasteiger partial charge >= 0.3 is 5.97 Å². The zero-order valence-corrected chi connectivity index (χ0v) is 18.7. The molecule has 31 heavy (non-hydrogen) atoms. The van der Waals surface area contributed by atoms with E-state index in [9.17, 15) is 14.7 Å². The summed E-state index contributed by atoms with van der Waals surface area (Å²) in [5, 5.41) is 11.2. The van der Waals surface area contributed by atoms with E-state index < -0.39 is 11.9 Å². The van der Waals surface area contributed by atoms with E-state index >= 15 is 0 Å². The number of carbonyl (C=O) groups is 2. The van der Waals surface area contributed by atoms with E-state index in [0.29, 0.717) is 26.8 Å². The van der Waals surface area contributed by atoms with Crippen molar-refractivity contribution in [1.82, 2.24) is 0 Å². The summed E-state index contributed by atoms with van der Waals surface area (Å²) in [5.41, 5.74) is 1.92. The first-order valence-corrected chi connectivity index (χ1v) is 10.6. The Morgan fingerprint density at radius 1 is 1.19 bits per heavy atom. The van der Waals surface area contributed by atoms with Gasteiger partial charge in [-0.05, 0) is 49.8 Å². The molecule has 0 aliphatic carbocycles. The first kappa shape index (κ1) is 22.7. The molecule has 3 rings (SSSR count). The predicted molar refractivity (Wildman–Crippen MR) is 123 cm³/mol. The van der Waals surface area contributed by atoms with Gasteiger partial charge in [-0.15, -0.1) is 0 Å². The van der Waals surface area contributed by atoms with Crippen LogP contribution in [0.5, 0.6) is 5.75 Å². The second-order valence-corrected chi connectivity index (χ2v) is 7.97. The Hall–Kier alpha value is -3.03.